The van der Waals surface area contributed by atoms with E-state index in [1.165, 1.54) is 12.1 Å². The Morgan fingerprint density at radius 1 is 1.43 bits per heavy atom. The molecule has 1 aromatic carbocycles. The van der Waals surface area contributed by atoms with E-state index in [0.29, 0.717) is 6.54 Å². The Morgan fingerprint density at radius 2 is 2.10 bits per heavy atom. The molecule has 4 nitrogen and oxygen atoms in total. The van der Waals surface area contributed by atoms with Crippen molar-refractivity contribution >= 4 is 29.9 Å². The number of rotatable bonds is 5. The molecular weight excluding hydrogens is 318 g/mol. The molecule has 7 heteroatoms. The summed E-state index contributed by atoms with van der Waals surface area (Å²) in [7, 11) is 0. The number of benzene rings is 1. The summed E-state index contributed by atoms with van der Waals surface area (Å²) in [6.45, 7) is 0.267. The van der Waals surface area contributed by atoms with Crippen LogP contribution in [0, 0.1) is 5.82 Å². The molecule has 0 radical (unpaired) electrons. The molecule has 3 N–H and O–H groups in total. The zero-order valence-corrected chi connectivity index (χ0v) is 13.1. The Morgan fingerprint density at radius 3 is 2.67 bits per heavy atom. The normalized spacial score (nSPS) is 16.1. The highest BCUT2D eigenvalue weighted by Crippen LogP contribution is 2.29. The minimum atomic E-state index is -0.445. The molecule has 0 spiro atoms. The zero-order valence-electron chi connectivity index (χ0n) is 11.5. The third-order valence-corrected chi connectivity index (χ3v) is 3.90. The first-order chi connectivity index (χ1) is 9.54. The summed E-state index contributed by atoms with van der Waals surface area (Å²) in [5.74, 6) is -0.394. The van der Waals surface area contributed by atoms with Gasteiger partial charge in [-0.15, -0.1) is 12.4 Å². The molecule has 118 valence electrons. The van der Waals surface area contributed by atoms with Gasteiger partial charge in [-0.25, -0.2) is 4.39 Å². The minimum absolute atomic E-state index is 0. The summed E-state index contributed by atoms with van der Waals surface area (Å²) in [6.07, 6.45) is 3.93. The van der Waals surface area contributed by atoms with Crippen molar-refractivity contribution in [2.24, 2.45) is 5.73 Å². The quantitative estimate of drug-likeness (QED) is 0.868. The van der Waals surface area contributed by atoms with Gasteiger partial charge in [0, 0.05) is 6.54 Å². The van der Waals surface area contributed by atoms with Crippen LogP contribution in [0.5, 0.6) is 5.75 Å². The van der Waals surface area contributed by atoms with Crippen LogP contribution in [-0.2, 0) is 4.79 Å². The Kier molecular flexibility index (Phi) is 6.71. The molecule has 1 fully saturated rings. The summed E-state index contributed by atoms with van der Waals surface area (Å²) in [6, 6.07) is 3.78. The summed E-state index contributed by atoms with van der Waals surface area (Å²) >= 11 is 5.82. The van der Waals surface area contributed by atoms with Gasteiger partial charge in [0.1, 0.15) is 11.6 Å². The molecule has 0 heterocycles. The smallest absolute Gasteiger partial charge is 0.258 e. The van der Waals surface area contributed by atoms with Gasteiger partial charge >= 0.3 is 0 Å². The Balaban J connectivity index is 0.00000220. The molecular formula is C14H19Cl2FN2O2. The number of carbonyl (C=O) groups is 1. The first kappa shape index (κ1) is 18.0. The lowest BCUT2D eigenvalue weighted by Gasteiger charge is -2.28. The average Bonchev–Trinajstić information content (AvgIpc) is 2.87. The molecule has 1 aromatic rings. The highest BCUT2D eigenvalue weighted by atomic mass is 35.5. The van der Waals surface area contributed by atoms with Crippen LogP contribution in [0.3, 0.4) is 0 Å². The van der Waals surface area contributed by atoms with Crippen LogP contribution >= 0.6 is 24.0 Å². The maximum atomic E-state index is 12.9. The van der Waals surface area contributed by atoms with Gasteiger partial charge in [-0.3, -0.25) is 4.79 Å². The van der Waals surface area contributed by atoms with E-state index in [-0.39, 0.29) is 41.2 Å². The van der Waals surface area contributed by atoms with Crippen LogP contribution in [-0.4, -0.2) is 24.6 Å². The maximum absolute atomic E-state index is 12.9. The van der Waals surface area contributed by atoms with Crippen LogP contribution in [0.15, 0.2) is 18.2 Å². The van der Waals surface area contributed by atoms with Crippen molar-refractivity contribution in [1.29, 1.82) is 0 Å². The van der Waals surface area contributed by atoms with E-state index in [0.717, 1.165) is 31.7 Å². The summed E-state index contributed by atoms with van der Waals surface area (Å²) < 4.78 is 18.2. The van der Waals surface area contributed by atoms with Crippen molar-refractivity contribution in [3.63, 3.8) is 0 Å². The van der Waals surface area contributed by atoms with Gasteiger partial charge in [-0.2, -0.15) is 0 Å². The molecule has 0 bridgehead atoms. The van der Waals surface area contributed by atoms with Gasteiger partial charge in [0.05, 0.1) is 10.6 Å². The van der Waals surface area contributed by atoms with Crippen molar-refractivity contribution in [3.8, 4) is 5.75 Å². The van der Waals surface area contributed by atoms with E-state index in [4.69, 9.17) is 22.1 Å². The first-order valence-corrected chi connectivity index (χ1v) is 7.01. The number of hydrogen-bond acceptors (Lipinski definition) is 3. The van der Waals surface area contributed by atoms with Crippen LogP contribution in [0.4, 0.5) is 4.39 Å². The Labute approximate surface area is 134 Å². The topological polar surface area (TPSA) is 64.3 Å². The summed E-state index contributed by atoms with van der Waals surface area (Å²) in [5.41, 5.74) is 5.45. The highest BCUT2D eigenvalue weighted by molar-refractivity contribution is 6.32. The van der Waals surface area contributed by atoms with Crippen molar-refractivity contribution in [3.05, 3.63) is 29.0 Å². The van der Waals surface area contributed by atoms with Gasteiger partial charge in [0.2, 0.25) is 0 Å². The average molecular weight is 337 g/mol. The van der Waals surface area contributed by atoms with E-state index in [1.807, 2.05) is 0 Å². The van der Waals surface area contributed by atoms with Gasteiger partial charge < -0.3 is 15.8 Å². The molecule has 2 rings (SSSR count). The molecule has 0 aliphatic heterocycles. The fraction of sp³-hybridized carbons (Fsp3) is 0.500. The number of nitrogens with two attached hydrogens (primary N) is 1. The van der Waals surface area contributed by atoms with Crippen LogP contribution in [0.1, 0.15) is 25.7 Å². The minimum Gasteiger partial charge on any atom is -0.482 e. The molecule has 0 unspecified atom stereocenters. The Hall–Kier alpha value is -1.04. The number of amides is 1. The summed E-state index contributed by atoms with van der Waals surface area (Å²) in [4.78, 5) is 11.9. The van der Waals surface area contributed by atoms with Crippen LogP contribution in [0.25, 0.3) is 0 Å². The van der Waals surface area contributed by atoms with E-state index >= 15 is 0 Å². The van der Waals surface area contributed by atoms with Gasteiger partial charge in [0.25, 0.3) is 5.91 Å². The number of nitrogens with one attached hydrogen (secondary N) is 1. The van der Waals surface area contributed by atoms with E-state index in [1.54, 1.807) is 0 Å². The van der Waals surface area contributed by atoms with Crippen LogP contribution < -0.4 is 15.8 Å². The predicted molar refractivity (Wildman–Crippen MR) is 82.5 cm³/mol. The highest BCUT2D eigenvalue weighted by Gasteiger charge is 2.33. The van der Waals surface area contributed by atoms with Gasteiger partial charge in [-0.1, -0.05) is 24.4 Å². The second-order valence-corrected chi connectivity index (χ2v) is 5.51. The molecule has 1 aliphatic rings. The third kappa shape index (κ3) is 4.73. The zero-order chi connectivity index (χ0) is 14.6. The number of carbonyl (C=O) groups excluding carboxylic acids is 1. The lowest BCUT2D eigenvalue weighted by Crippen LogP contribution is -2.52. The second-order valence-electron chi connectivity index (χ2n) is 5.10. The fourth-order valence-electron chi connectivity index (χ4n) is 2.50. The third-order valence-electron chi connectivity index (χ3n) is 3.61. The molecule has 1 amide bonds. The van der Waals surface area contributed by atoms with Crippen LogP contribution in [0.2, 0.25) is 5.02 Å². The molecule has 1 saturated carbocycles. The van der Waals surface area contributed by atoms with Gasteiger partial charge in [-0.05, 0) is 31.0 Å². The van der Waals surface area contributed by atoms with Crippen molar-refractivity contribution in [2.45, 2.75) is 31.2 Å². The van der Waals surface area contributed by atoms with E-state index < -0.39 is 5.82 Å². The molecule has 0 atom stereocenters. The van der Waals surface area contributed by atoms with E-state index in [2.05, 4.69) is 5.32 Å². The number of hydrogen-bond donors (Lipinski definition) is 2. The van der Waals surface area contributed by atoms with Crippen molar-refractivity contribution in [2.75, 3.05) is 13.2 Å². The van der Waals surface area contributed by atoms with Crippen molar-refractivity contribution in [1.82, 2.24) is 5.32 Å². The molecule has 0 saturated heterocycles. The van der Waals surface area contributed by atoms with Gasteiger partial charge in [0.15, 0.2) is 6.61 Å². The largest absolute Gasteiger partial charge is 0.482 e. The lowest BCUT2D eigenvalue weighted by molar-refractivity contribution is -0.124. The Bertz CT molecular complexity index is 494. The SMILES string of the molecule is Cl.NCC1(NC(=O)COc2ccc(F)cc2Cl)CCCC1. The standard InChI is InChI=1S/C14H18ClFN2O2.ClH/c15-11-7-10(16)3-4-12(11)20-8-13(19)18-14(9-17)5-1-2-6-14;/h3-4,7H,1-2,5-6,8-9,17H2,(H,18,19);1H. The predicted octanol–water partition coefficient (Wildman–Crippen LogP) is 2.67. The lowest BCUT2D eigenvalue weighted by atomic mass is 9.98. The summed E-state index contributed by atoms with van der Waals surface area (Å²) in [5, 5.41) is 3.08. The van der Waals surface area contributed by atoms with Crippen molar-refractivity contribution < 1.29 is 13.9 Å². The maximum Gasteiger partial charge on any atom is 0.258 e. The first-order valence-electron chi connectivity index (χ1n) is 6.64. The number of ether oxygens (including phenoxy) is 1. The molecule has 1 aliphatic carbocycles. The number of halogens is 3. The second kappa shape index (κ2) is 7.82. The monoisotopic (exact) mass is 336 g/mol. The molecule has 21 heavy (non-hydrogen) atoms. The fourth-order valence-corrected chi connectivity index (χ4v) is 2.72. The van der Waals surface area contributed by atoms with E-state index in [9.17, 15) is 9.18 Å². The molecule has 0 aromatic heterocycles.